The molecule has 1 saturated heterocycles. The van der Waals surface area contributed by atoms with Crippen molar-refractivity contribution in [3.05, 3.63) is 35.6 Å². The molecule has 1 aromatic rings. The van der Waals surface area contributed by atoms with Gasteiger partial charge < -0.3 is 10.6 Å². The van der Waals surface area contributed by atoms with Crippen molar-refractivity contribution in [1.29, 1.82) is 0 Å². The fraction of sp³-hybridized carbons (Fsp3) is 0.625. The summed E-state index contributed by atoms with van der Waals surface area (Å²) in [5, 5.41) is 0. The van der Waals surface area contributed by atoms with Crippen LogP contribution in [0.4, 0.5) is 4.39 Å². The molecule has 3 nitrogen and oxygen atoms in total. The molecule has 112 valence electrons. The lowest BCUT2D eigenvalue weighted by atomic mass is 10.2. The van der Waals surface area contributed by atoms with Crippen LogP contribution in [-0.4, -0.2) is 49.1 Å². The number of nitrogens with two attached hydrogens (primary N) is 1. The zero-order valence-electron chi connectivity index (χ0n) is 12.2. The summed E-state index contributed by atoms with van der Waals surface area (Å²) in [6.45, 7) is 7.26. The third-order valence-corrected chi connectivity index (χ3v) is 3.90. The molecule has 1 aromatic carbocycles. The Labute approximate surface area is 121 Å². The molecule has 0 aliphatic carbocycles. The molecule has 0 aromatic heterocycles. The molecular formula is C16H26FN3. The van der Waals surface area contributed by atoms with E-state index in [2.05, 4.69) is 9.80 Å². The van der Waals surface area contributed by atoms with Gasteiger partial charge in [-0.3, -0.25) is 4.90 Å². The Balaban J connectivity index is 1.77. The smallest absolute Gasteiger partial charge is 0.123 e. The number of hydrogen-bond donors (Lipinski definition) is 1. The first-order valence-electron chi connectivity index (χ1n) is 7.67. The third-order valence-electron chi connectivity index (χ3n) is 3.90. The summed E-state index contributed by atoms with van der Waals surface area (Å²) in [7, 11) is 0. The molecule has 2 N–H and O–H groups in total. The molecule has 1 heterocycles. The molecule has 0 unspecified atom stereocenters. The van der Waals surface area contributed by atoms with Crippen molar-refractivity contribution in [3.8, 4) is 0 Å². The summed E-state index contributed by atoms with van der Waals surface area (Å²) in [6.07, 6.45) is 3.50. The van der Waals surface area contributed by atoms with Crippen LogP contribution in [0.25, 0.3) is 0 Å². The zero-order valence-corrected chi connectivity index (χ0v) is 12.2. The zero-order chi connectivity index (χ0) is 14.2. The first kappa shape index (κ1) is 15.4. The van der Waals surface area contributed by atoms with Crippen molar-refractivity contribution in [2.24, 2.45) is 5.73 Å². The van der Waals surface area contributed by atoms with Gasteiger partial charge in [-0.1, -0.05) is 12.1 Å². The van der Waals surface area contributed by atoms with Gasteiger partial charge >= 0.3 is 0 Å². The first-order chi connectivity index (χ1) is 9.78. The Morgan fingerprint density at radius 2 is 1.85 bits per heavy atom. The normalized spacial score (nSPS) is 18.1. The van der Waals surface area contributed by atoms with E-state index in [9.17, 15) is 4.39 Å². The van der Waals surface area contributed by atoms with Gasteiger partial charge in [-0.15, -0.1) is 0 Å². The molecule has 0 atom stereocenters. The first-order valence-corrected chi connectivity index (χ1v) is 7.67. The molecule has 0 spiro atoms. The Morgan fingerprint density at radius 3 is 2.65 bits per heavy atom. The maximum atomic E-state index is 13.2. The highest BCUT2D eigenvalue weighted by atomic mass is 19.1. The second-order valence-corrected chi connectivity index (χ2v) is 5.60. The predicted octanol–water partition coefficient (Wildman–Crippen LogP) is 2.07. The fourth-order valence-corrected chi connectivity index (χ4v) is 2.78. The summed E-state index contributed by atoms with van der Waals surface area (Å²) in [5.74, 6) is -0.138. The number of rotatable bonds is 6. The second-order valence-electron chi connectivity index (χ2n) is 5.60. The standard InChI is InChI=1S/C16H26FN3/c17-16-6-3-5-15(13-16)14-20-10-4-9-19(11-12-20)8-2-1-7-18/h3,5-6,13H,1-2,4,7-12,14,18H2. The van der Waals surface area contributed by atoms with Gasteiger partial charge in [-0.05, 0) is 63.1 Å². The van der Waals surface area contributed by atoms with Crippen LogP contribution in [0.15, 0.2) is 24.3 Å². The van der Waals surface area contributed by atoms with Gasteiger partial charge in [0.25, 0.3) is 0 Å². The van der Waals surface area contributed by atoms with E-state index in [1.807, 2.05) is 6.07 Å². The van der Waals surface area contributed by atoms with E-state index in [1.54, 1.807) is 12.1 Å². The molecule has 4 heteroatoms. The van der Waals surface area contributed by atoms with Crippen molar-refractivity contribution in [3.63, 3.8) is 0 Å². The van der Waals surface area contributed by atoms with Gasteiger partial charge in [0.2, 0.25) is 0 Å². The van der Waals surface area contributed by atoms with Gasteiger partial charge in [0.1, 0.15) is 5.82 Å². The number of halogens is 1. The van der Waals surface area contributed by atoms with Crippen molar-refractivity contribution >= 4 is 0 Å². The third kappa shape index (κ3) is 5.19. The van der Waals surface area contributed by atoms with Crippen molar-refractivity contribution in [2.45, 2.75) is 25.8 Å². The second kappa shape index (κ2) is 8.35. The van der Waals surface area contributed by atoms with E-state index >= 15 is 0 Å². The quantitative estimate of drug-likeness (QED) is 0.809. The lowest BCUT2D eigenvalue weighted by Gasteiger charge is -2.21. The average Bonchev–Trinajstić information content (AvgIpc) is 2.65. The maximum absolute atomic E-state index is 13.2. The van der Waals surface area contributed by atoms with Crippen molar-refractivity contribution in [2.75, 3.05) is 39.3 Å². The summed E-state index contributed by atoms with van der Waals surface area (Å²) in [4.78, 5) is 4.96. The molecule has 1 aliphatic heterocycles. The Morgan fingerprint density at radius 1 is 1.05 bits per heavy atom. The number of nitrogens with zero attached hydrogens (tertiary/aromatic N) is 2. The van der Waals surface area contributed by atoms with Crippen LogP contribution < -0.4 is 5.73 Å². The van der Waals surface area contributed by atoms with E-state index in [-0.39, 0.29) is 5.82 Å². The minimum Gasteiger partial charge on any atom is -0.330 e. The van der Waals surface area contributed by atoms with E-state index < -0.39 is 0 Å². The molecule has 0 radical (unpaired) electrons. The SMILES string of the molecule is NCCCCN1CCCN(Cc2cccc(F)c2)CC1. The molecule has 1 aliphatic rings. The van der Waals surface area contributed by atoms with E-state index in [0.29, 0.717) is 0 Å². The number of unbranched alkanes of at least 4 members (excludes halogenated alkanes) is 1. The summed E-state index contributed by atoms with van der Waals surface area (Å²) in [5.41, 5.74) is 6.61. The molecular weight excluding hydrogens is 253 g/mol. The maximum Gasteiger partial charge on any atom is 0.123 e. The monoisotopic (exact) mass is 279 g/mol. The van der Waals surface area contributed by atoms with Gasteiger partial charge in [0.15, 0.2) is 0 Å². The molecule has 0 amide bonds. The van der Waals surface area contributed by atoms with Crippen molar-refractivity contribution in [1.82, 2.24) is 9.80 Å². The van der Waals surface area contributed by atoms with Crippen LogP contribution >= 0.6 is 0 Å². The number of hydrogen-bond acceptors (Lipinski definition) is 3. The van der Waals surface area contributed by atoms with E-state index in [0.717, 1.165) is 51.3 Å². The van der Waals surface area contributed by atoms with E-state index in [4.69, 9.17) is 5.73 Å². The highest BCUT2D eigenvalue weighted by molar-refractivity contribution is 5.16. The molecule has 1 fully saturated rings. The predicted molar refractivity (Wildman–Crippen MR) is 81.0 cm³/mol. The minimum absolute atomic E-state index is 0.138. The summed E-state index contributed by atoms with van der Waals surface area (Å²) in [6, 6.07) is 6.95. The molecule has 0 bridgehead atoms. The van der Waals surface area contributed by atoms with Crippen LogP contribution in [0.5, 0.6) is 0 Å². The van der Waals surface area contributed by atoms with Gasteiger partial charge in [-0.25, -0.2) is 4.39 Å². The Hall–Kier alpha value is -0.970. The molecule has 2 rings (SSSR count). The summed E-state index contributed by atoms with van der Waals surface area (Å²) >= 11 is 0. The van der Waals surface area contributed by atoms with Crippen LogP contribution in [-0.2, 0) is 6.54 Å². The molecule has 20 heavy (non-hydrogen) atoms. The molecule has 0 saturated carbocycles. The van der Waals surface area contributed by atoms with Crippen molar-refractivity contribution < 1.29 is 4.39 Å². The largest absolute Gasteiger partial charge is 0.330 e. The van der Waals surface area contributed by atoms with Crippen LogP contribution in [0.2, 0.25) is 0 Å². The Bertz CT molecular complexity index is 397. The van der Waals surface area contributed by atoms with Gasteiger partial charge in [0.05, 0.1) is 0 Å². The highest BCUT2D eigenvalue weighted by Gasteiger charge is 2.14. The number of benzene rings is 1. The highest BCUT2D eigenvalue weighted by Crippen LogP contribution is 2.10. The van der Waals surface area contributed by atoms with Crippen LogP contribution in [0, 0.1) is 5.82 Å². The van der Waals surface area contributed by atoms with E-state index in [1.165, 1.54) is 25.5 Å². The summed E-state index contributed by atoms with van der Waals surface area (Å²) < 4.78 is 13.2. The van der Waals surface area contributed by atoms with Gasteiger partial charge in [0, 0.05) is 19.6 Å². The Kier molecular flexibility index (Phi) is 6.43. The minimum atomic E-state index is -0.138. The lowest BCUT2D eigenvalue weighted by molar-refractivity contribution is 0.249. The average molecular weight is 279 g/mol. The topological polar surface area (TPSA) is 32.5 Å². The van der Waals surface area contributed by atoms with Gasteiger partial charge in [-0.2, -0.15) is 0 Å². The van der Waals surface area contributed by atoms with Crippen LogP contribution in [0.3, 0.4) is 0 Å². The lowest BCUT2D eigenvalue weighted by Crippen LogP contribution is -2.31. The van der Waals surface area contributed by atoms with Crippen LogP contribution in [0.1, 0.15) is 24.8 Å². The fourth-order valence-electron chi connectivity index (χ4n) is 2.78.